The second kappa shape index (κ2) is 13.9. The van der Waals surface area contributed by atoms with E-state index < -0.39 is 0 Å². The smallest absolute Gasteiger partial charge is 0.345 e. The Labute approximate surface area is 317 Å². The largest absolute Gasteiger partial charge is 2.00 e. The summed E-state index contributed by atoms with van der Waals surface area (Å²) >= 11 is 1.69. The summed E-state index contributed by atoms with van der Waals surface area (Å²) in [6, 6.07) is 59.1. The van der Waals surface area contributed by atoms with Crippen LogP contribution in [0.5, 0.6) is 0 Å². The molecule has 0 amide bonds. The maximum Gasteiger partial charge on any atom is 2.00 e. The van der Waals surface area contributed by atoms with Crippen LogP contribution in [0.3, 0.4) is 0 Å². The first-order valence-corrected chi connectivity index (χ1v) is 17.8. The molecule has 8 aromatic rings. The van der Waals surface area contributed by atoms with Gasteiger partial charge >= 0.3 is 21.1 Å². The van der Waals surface area contributed by atoms with Crippen LogP contribution in [0.25, 0.3) is 38.8 Å². The molecule has 0 saturated carbocycles. The third kappa shape index (κ3) is 6.05. The summed E-state index contributed by atoms with van der Waals surface area (Å²) in [7, 11) is 0. The second-order valence-corrected chi connectivity index (χ2v) is 14.0. The maximum absolute atomic E-state index is 4.92. The van der Waals surface area contributed by atoms with Gasteiger partial charge in [-0.05, 0) is 70.5 Å². The Morgan fingerprint density at radius 2 is 1.37 bits per heavy atom. The molecule has 0 spiro atoms. The zero-order chi connectivity index (χ0) is 33.6. The van der Waals surface area contributed by atoms with Crippen LogP contribution in [0.15, 0.2) is 162 Å². The average Bonchev–Trinajstić information content (AvgIpc) is 3.71. The van der Waals surface area contributed by atoms with Crippen LogP contribution in [0.2, 0.25) is 0 Å². The minimum absolute atomic E-state index is 0. The molecule has 250 valence electrons. The minimum atomic E-state index is 0. The normalized spacial score (nSPS) is 12.5. The van der Waals surface area contributed by atoms with E-state index in [9.17, 15) is 0 Å². The molecular weight excluding hydrogens is 824 g/mol. The molecule has 0 radical (unpaired) electrons. The zero-order valence-electron chi connectivity index (χ0n) is 28.2. The molecule has 0 aliphatic carbocycles. The number of para-hydroxylation sites is 4. The summed E-state index contributed by atoms with van der Waals surface area (Å²) in [6.45, 7) is 5.22. The third-order valence-electron chi connectivity index (χ3n) is 9.50. The van der Waals surface area contributed by atoms with Crippen LogP contribution >= 0.6 is 11.8 Å². The van der Waals surface area contributed by atoms with Crippen molar-refractivity contribution in [2.24, 2.45) is 0 Å². The van der Waals surface area contributed by atoms with Crippen molar-refractivity contribution in [3.8, 4) is 16.9 Å². The summed E-state index contributed by atoms with van der Waals surface area (Å²) in [5, 5.41) is 2.35. The first-order valence-electron chi connectivity index (χ1n) is 17.0. The van der Waals surface area contributed by atoms with E-state index in [1.54, 1.807) is 11.8 Å². The zero-order valence-corrected chi connectivity index (χ0v) is 31.3. The fourth-order valence-electron chi connectivity index (χ4n) is 7.16. The van der Waals surface area contributed by atoms with E-state index in [0.29, 0.717) is 5.92 Å². The number of fused-ring (bicyclic) bond motifs is 4. The van der Waals surface area contributed by atoms with Gasteiger partial charge in [0.25, 0.3) is 0 Å². The van der Waals surface area contributed by atoms with Crippen molar-refractivity contribution in [3.05, 3.63) is 169 Å². The Bertz CT molecular complexity index is 2510. The Balaban J connectivity index is 0.00000374. The number of benzene rings is 6. The molecule has 6 aromatic carbocycles. The SMILES string of the molecule is CC(C)c1ccccc1-c1ccnc(-n2c3[c-]c(Sc4[c-]c(N5CN(c6ccccc6)c6ccccc65)ccc4)ccc3c3ccccc32)c1.[Pt+2]. The Morgan fingerprint density at radius 1 is 0.647 bits per heavy atom. The van der Waals surface area contributed by atoms with E-state index in [1.165, 1.54) is 33.6 Å². The van der Waals surface area contributed by atoms with Crippen LogP contribution in [-0.4, -0.2) is 16.2 Å². The van der Waals surface area contributed by atoms with Crippen LogP contribution in [-0.2, 0) is 21.1 Å². The van der Waals surface area contributed by atoms with E-state index in [-0.39, 0.29) is 21.1 Å². The van der Waals surface area contributed by atoms with Crippen LogP contribution in [0.4, 0.5) is 22.7 Å². The monoisotopic (exact) mass is 857 g/mol. The van der Waals surface area contributed by atoms with Gasteiger partial charge in [-0.25, -0.2) is 4.98 Å². The van der Waals surface area contributed by atoms with Gasteiger partial charge in [0.05, 0.1) is 18.0 Å². The summed E-state index contributed by atoms with van der Waals surface area (Å²) in [5.41, 5.74) is 10.5. The fraction of sp³-hybridized carbons (Fsp3) is 0.0889. The van der Waals surface area contributed by atoms with Crippen LogP contribution < -0.4 is 9.80 Å². The average molecular weight is 858 g/mol. The number of hydrogen-bond acceptors (Lipinski definition) is 4. The number of hydrogen-bond donors (Lipinski definition) is 0. The third-order valence-corrected chi connectivity index (χ3v) is 10.4. The van der Waals surface area contributed by atoms with Crippen LogP contribution in [0, 0.1) is 12.1 Å². The standard InChI is InChI=1S/C45H34N4S.Pt/c1-31(2)37-17-6-7-18-38(37)32-25-26-46-45(27-32)49-41-20-9-8-19-39(41)40-24-23-36(29-44(40)49)50-35-16-12-15-34(28-35)48-30-47(33-13-4-3-5-14-33)42-21-10-11-22-43(42)48;/h3-27,31H,30H2,1-2H3;/q-2;+2. The topological polar surface area (TPSA) is 24.3 Å². The summed E-state index contributed by atoms with van der Waals surface area (Å²) in [4.78, 5) is 11.7. The fourth-order valence-corrected chi connectivity index (χ4v) is 7.99. The number of aromatic nitrogens is 2. The number of anilines is 4. The molecule has 0 unspecified atom stereocenters. The second-order valence-electron chi connectivity index (χ2n) is 12.9. The van der Waals surface area contributed by atoms with E-state index in [1.807, 2.05) is 6.20 Å². The Hall–Kier alpha value is -5.09. The summed E-state index contributed by atoms with van der Waals surface area (Å²) in [6.07, 6.45) is 1.93. The van der Waals surface area contributed by atoms with Crippen molar-refractivity contribution in [2.45, 2.75) is 29.6 Å². The molecule has 0 N–H and O–H groups in total. The van der Waals surface area contributed by atoms with Crippen molar-refractivity contribution >= 4 is 56.3 Å². The number of rotatable bonds is 7. The molecular formula is C45H34N4PtS. The van der Waals surface area contributed by atoms with Gasteiger partial charge in [-0.15, -0.1) is 45.1 Å². The Morgan fingerprint density at radius 3 is 2.22 bits per heavy atom. The first kappa shape index (κ1) is 33.1. The molecule has 6 heteroatoms. The van der Waals surface area contributed by atoms with Gasteiger partial charge in [0, 0.05) is 17.4 Å². The first-order chi connectivity index (χ1) is 24.6. The van der Waals surface area contributed by atoms with Gasteiger partial charge in [-0.1, -0.05) is 97.8 Å². The summed E-state index contributed by atoms with van der Waals surface area (Å²) < 4.78 is 2.26. The van der Waals surface area contributed by atoms with Crippen molar-refractivity contribution in [1.29, 1.82) is 0 Å². The molecule has 9 rings (SSSR count). The predicted molar refractivity (Wildman–Crippen MR) is 208 cm³/mol. The summed E-state index contributed by atoms with van der Waals surface area (Å²) in [5.74, 6) is 1.30. The molecule has 4 nitrogen and oxygen atoms in total. The minimum Gasteiger partial charge on any atom is -0.345 e. The molecule has 0 atom stereocenters. The van der Waals surface area contributed by atoms with Crippen molar-refractivity contribution in [2.75, 3.05) is 16.5 Å². The van der Waals surface area contributed by atoms with E-state index in [0.717, 1.165) is 49.9 Å². The maximum atomic E-state index is 4.92. The van der Waals surface area contributed by atoms with Gasteiger partial charge in [0.1, 0.15) is 5.82 Å². The molecule has 1 aliphatic rings. The van der Waals surface area contributed by atoms with Gasteiger partial charge < -0.3 is 14.4 Å². The molecule has 0 fully saturated rings. The van der Waals surface area contributed by atoms with E-state index in [4.69, 9.17) is 4.98 Å². The van der Waals surface area contributed by atoms with Crippen LogP contribution in [0.1, 0.15) is 25.3 Å². The number of nitrogens with zero attached hydrogens (tertiary/aromatic N) is 4. The van der Waals surface area contributed by atoms with Crippen molar-refractivity contribution < 1.29 is 21.1 Å². The molecule has 51 heavy (non-hydrogen) atoms. The van der Waals surface area contributed by atoms with E-state index in [2.05, 4.69) is 186 Å². The van der Waals surface area contributed by atoms with Crippen molar-refractivity contribution in [3.63, 3.8) is 0 Å². The van der Waals surface area contributed by atoms with Gasteiger partial charge in [0.15, 0.2) is 0 Å². The van der Waals surface area contributed by atoms with Gasteiger partial charge in [-0.2, -0.15) is 24.3 Å². The number of pyridine rings is 1. The van der Waals surface area contributed by atoms with Crippen molar-refractivity contribution in [1.82, 2.24) is 9.55 Å². The van der Waals surface area contributed by atoms with Gasteiger partial charge in [0.2, 0.25) is 0 Å². The Kier molecular flexibility index (Phi) is 9.02. The molecule has 1 aliphatic heterocycles. The van der Waals surface area contributed by atoms with Gasteiger partial charge in [-0.3, -0.25) is 0 Å². The predicted octanol–water partition coefficient (Wildman–Crippen LogP) is 12.0. The quantitative estimate of drug-likeness (QED) is 0.149. The molecule has 3 heterocycles. The van der Waals surface area contributed by atoms with E-state index >= 15 is 0 Å². The molecule has 2 aromatic heterocycles. The molecule has 0 bridgehead atoms. The molecule has 0 saturated heterocycles.